The molecule has 0 radical (unpaired) electrons. The summed E-state index contributed by atoms with van der Waals surface area (Å²) in [6.07, 6.45) is 1.71. The van der Waals surface area contributed by atoms with Crippen molar-refractivity contribution in [2.75, 3.05) is 18.8 Å². The van der Waals surface area contributed by atoms with Gasteiger partial charge in [0.1, 0.15) is 12.4 Å². The minimum Gasteiger partial charge on any atom is -0.493 e. The minimum absolute atomic E-state index is 0.0985. The minimum atomic E-state index is -0.303. The summed E-state index contributed by atoms with van der Waals surface area (Å²) in [5.74, 6) is 1.57. The number of amides is 1. The summed E-state index contributed by atoms with van der Waals surface area (Å²) in [6, 6.07) is 16.5. The molecule has 2 aliphatic rings. The number of halogens is 1. The highest BCUT2D eigenvalue weighted by molar-refractivity contribution is 8.19. The largest absolute Gasteiger partial charge is 0.493 e. The molecule has 0 saturated carbocycles. The van der Waals surface area contributed by atoms with Crippen LogP contribution < -0.4 is 23.8 Å². The summed E-state index contributed by atoms with van der Waals surface area (Å²) >= 11 is 1.08. The zero-order valence-electron chi connectivity index (χ0n) is 18.0. The number of hydrogen-bond acceptors (Lipinski definition) is 7. The van der Waals surface area contributed by atoms with Crippen LogP contribution in [0.3, 0.4) is 0 Å². The van der Waals surface area contributed by atoms with Crippen LogP contribution in [0.1, 0.15) is 11.1 Å². The number of benzene rings is 3. The molecule has 2 heterocycles. The molecule has 0 atom stereocenters. The first-order chi connectivity index (χ1) is 16.5. The van der Waals surface area contributed by atoms with E-state index >= 15 is 0 Å². The predicted molar refractivity (Wildman–Crippen MR) is 127 cm³/mol. The highest BCUT2D eigenvalue weighted by Crippen LogP contribution is 2.40. The number of rotatable bonds is 6. The van der Waals surface area contributed by atoms with Crippen molar-refractivity contribution in [1.82, 2.24) is 0 Å². The van der Waals surface area contributed by atoms with Crippen molar-refractivity contribution in [3.05, 3.63) is 82.5 Å². The summed E-state index contributed by atoms with van der Waals surface area (Å²) < 4.78 is 35.1. The maximum Gasteiger partial charge on any atom is 0.271 e. The van der Waals surface area contributed by atoms with E-state index in [9.17, 15) is 9.18 Å². The quantitative estimate of drug-likeness (QED) is 0.491. The van der Waals surface area contributed by atoms with Gasteiger partial charge in [-0.25, -0.2) is 4.39 Å². The van der Waals surface area contributed by atoms with Crippen LogP contribution in [-0.4, -0.2) is 25.0 Å². The van der Waals surface area contributed by atoms with Gasteiger partial charge in [0, 0.05) is 6.07 Å². The fraction of sp³-hybridized carbons (Fsp3) is 0.120. The first kappa shape index (κ1) is 21.8. The van der Waals surface area contributed by atoms with E-state index in [2.05, 4.69) is 0 Å². The van der Waals surface area contributed by atoms with Gasteiger partial charge in [0.2, 0.25) is 6.79 Å². The van der Waals surface area contributed by atoms with Crippen molar-refractivity contribution in [1.29, 1.82) is 5.41 Å². The molecular formula is C25H19FN2O5S. The van der Waals surface area contributed by atoms with Crippen molar-refractivity contribution in [3.8, 4) is 23.0 Å². The molecule has 7 nitrogen and oxygen atoms in total. The average Bonchev–Trinajstić information content (AvgIpc) is 3.42. The molecule has 0 bridgehead atoms. The molecular weight excluding hydrogens is 459 g/mol. The van der Waals surface area contributed by atoms with Crippen molar-refractivity contribution in [3.63, 3.8) is 0 Å². The van der Waals surface area contributed by atoms with E-state index in [4.69, 9.17) is 24.4 Å². The maximum atomic E-state index is 13.1. The Labute approximate surface area is 199 Å². The third kappa shape index (κ3) is 4.29. The highest BCUT2D eigenvalue weighted by Gasteiger charge is 2.34. The van der Waals surface area contributed by atoms with E-state index in [1.54, 1.807) is 54.6 Å². The summed E-state index contributed by atoms with van der Waals surface area (Å²) in [4.78, 5) is 14.8. The van der Waals surface area contributed by atoms with Crippen LogP contribution in [0.25, 0.3) is 6.08 Å². The number of carbonyl (C=O) groups is 1. The Bertz CT molecular complexity index is 1310. The molecule has 1 N–H and O–H groups in total. The average molecular weight is 479 g/mol. The number of thioether (sulfide) groups is 1. The standard InChI is InChI=1S/C25H19FN2O5S/c1-30-21-10-16(4-8-19(21)31-13-15-2-5-17(26)6-3-15)11-23-24(29)28(25(27)34-23)18-7-9-20-22(12-18)33-14-32-20/h2-12,27H,13-14H2,1H3. The molecule has 3 aromatic carbocycles. The van der Waals surface area contributed by atoms with Crippen LogP contribution in [0.4, 0.5) is 10.1 Å². The number of carbonyl (C=O) groups excluding carboxylic acids is 1. The van der Waals surface area contributed by atoms with Crippen molar-refractivity contribution < 1.29 is 28.1 Å². The van der Waals surface area contributed by atoms with E-state index < -0.39 is 0 Å². The lowest BCUT2D eigenvalue weighted by molar-refractivity contribution is -0.113. The van der Waals surface area contributed by atoms with Crippen molar-refractivity contribution >= 4 is 34.6 Å². The van der Waals surface area contributed by atoms with Gasteiger partial charge >= 0.3 is 0 Å². The molecule has 2 aliphatic heterocycles. The Morgan fingerprint density at radius 3 is 2.65 bits per heavy atom. The van der Waals surface area contributed by atoms with Crippen LogP contribution >= 0.6 is 11.8 Å². The van der Waals surface area contributed by atoms with Crippen molar-refractivity contribution in [2.24, 2.45) is 0 Å². The lowest BCUT2D eigenvalue weighted by atomic mass is 10.1. The molecule has 1 amide bonds. The van der Waals surface area contributed by atoms with Crippen LogP contribution in [0.5, 0.6) is 23.0 Å². The van der Waals surface area contributed by atoms with Crippen LogP contribution in [0, 0.1) is 11.2 Å². The van der Waals surface area contributed by atoms with Gasteiger partial charge in [-0.15, -0.1) is 0 Å². The SMILES string of the molecule is COc1cc(C=C2SC(=N)N(c3ccc4c(c3)OCO4)C2=O)ccc1OCc1ccc(F)cc1. The van der Waals surface area contributed by atoms with Crippen molar-refractivity contribution in [2.45, 2.75) is 6.61 Å². The Kier molecular flexibility index (Phi) is 5.85. The number of fused-ring (bicyclic) bond motifs is 1. The number of ether oxygens (including phenoxy) is 4. The van der Waals surface area contributed by atoms with E-state index in [-0.39, 0.29) is 30.3 Å². The Morgan fingerprint density at radius 2 is 1.85 bits per heavy atom. The fourth-order valence-electron chi connectivity index (χ4n) is 3.53. The van der Waals surface area contributed by atoms with Gasteiger partial charge in [-0.05, 0) is 65.4 Å². The Morgan fingerprint density at radius 1 is 1.06 bits per heavy atom. The predicted octanol–water partition coefficient (Wildman–Crippen LogP) is 5.20. The van der Waals surface area contributed by atoms with Gasteiger partial charge in [-0.1, -0.05) is 18.2 Å². The fourth-order valence-corrected chi connectivity index (χ4v) is 4.39. The molecule has 5 rings (SSSR count). The number of methoxy groups -OCH3 is 1. The number of nitrogens with one attached hydrogen (secondary N) is 1. The highest BCUT2D eigenvalue weighted by atomic mass is 32.2. The normalized spacial score (nSPS) is 15.8. The zero-order chi connectivity index (χ0) is 23.7. The van der Waals surface area contributed by atoms with Gasteiger partial charge in [0.05, 0.1) is 17.7 Å². The topological polar surface area (TPSA) is 81.1 Å². The number of hydrogen-bond donors (Lipinski definition) is 1. The van der Waals surface area contributed by atoms with E-state index in [0.29, 0.717) is 33.6 Å². The molecule has 1 saturated heterocycles. The second-order valence-corrected chi connectivity index (χ2v) is 8.45. The van der Waals surface area contributed by atoms with Gasteiger partial charge in [-0.3, -0.25) is 15.1 Å². The molecule has 9 heteroatoms. The third-order valence-electron chi connectivity index (χ3n) is 5.23. The molecule has 1 fully saturated rings. The molecule has 0 aliphatic carbocycles. The van der Waals surface area contributed by atoms with Gasteiger partial charge < -0.3 is 18.9 Å². The van der Waals surface area contributed by atoms with Gasteiger partial charge in [0.15, 0.2) is 28.2 Å². The smallest absolute Gasteiger partial charge is 0.271 e. The molecule has 0 unspecified atom stereocenters. The summed E-state index contributed by atoms with van der Waals surface area (Å²) in [7, 11) is 1.53. The van der Waals surface area contributed by atoms with Crippen LogP contribution in [0.2, 0.25) is 0 Å². The van der Waals surface area contributed by atoms with E-state index in [1.165, 1.54) is 24.1 Å². The van der Waals surface area contributed by atoms with Crippen LogP contribution in [-0.2, 0) is 11.4 Å². The second kappa shape index (κ2) is 9.11. The van der Waals surface area contributed by atoms with Gasteiger partial charge in [0.25, 0.3) is 5.91 Å². The number of amidine groups is 1. The third-order valence-corrected chi connectivity index (χ3v) is 6.12. The second-order valence-electron chi connectivity index (χ2n) is 7.42. The summed E-state index contributed by atoms with van der Waals surface area (Å²) in [6.45, 7) is 0.391. The lowest BCUT2D eigenvalue weighted by Crippen LogP contribution is -2.28. The van der Waals surface area contributed by atoms with Gasteiger partial charge in [-0.2, -0.15) is 0 Å². The molecule has 3 aromatic rings. The first-order valence-electron chi connectivity index (χ1n) is 10.3. The molecule has 34 heavy (non-hydrogen) atoms. The van der Waals surface area contributed by atoms with E-state index in [1.807, 2.05) is 0 Å². The Balaban J connectivity index is 1.34. The molecule has 0 spiro atoms. The maximum absolute atomic E-state index is 13.1. The number of anilines is 1. The molecule has 172 valence electrons. The molecule has 0 aromatic heterocycles. The summed E-state index contributed by atoms with van der Waals surface area (Å²) in [5, 5.41) is 8.41. The monoisotopic (exact) mass is 478 g/mol. The summed E-state index contributed by atoms with van der Waals surface area (Å²) in [5.41, 5.74) is 2.09. The zero-order valence-corrected chi connectivity index (χ0v) is 18.9. The van der Waals surface area contributed by atoms with E-state index in [0.717, 1.165) is 22.9 Å². The lowest BCUT2D eigenvalue weighted by Gasteiger charge is -2.14. The number of nitrogens with zero attached hydrogens (tertiary/aromatic N) is 1. The first-order valence-corrected chi connectivity index (χ1v) is 11.1. The Hall–Kier alpha value is -3.98. The van der Waals surface area contributed by atoms with Crippen LogP contribution in [0.15, 0.2) is 65.6 Å².